The third-order valence-electron chi connectivity index (χ3n) is 3.49. The Hall–Kier alpha value is -0.940. The van der Waals surface area contributed by atoms with Crippen LogP contribution >= 0.6 is 11.3 Å². The molecule has 0 unspecified atom stereocenters. The smallest absolute Gasteiger partial charge is 0.303 e. The van der Waals surface area contributed by atoms with E-state index in [4.69, 9.17) is 5.11 Å². The van der Waals surface area contributed by atoms with Crippen molar-refractivity contribution >= 4 is 17.3 Å². The van der Waals surface area contributed by atoms with Crippen LogP contribution in [0, 0.1) is 5.92 Å². The van der Waals surface area contributed by atoms with Crippen LogP contribution in [0.3, 0.4) is 0 Å². The van der Waals surface area contributed by atoms with Gasteiger partial charge < -0.3 is 10.0 Å². The van der Waals surface area contributed by atoms with E-state index in [2.05, 4.69) is 16.9 Å². The molecule has 0 spiro atoms. The number of aryl methyl sites for hydroxylation is 1. The van der Waals surface area contributed by atoms with Crippen molar-refractivity contribution < 1.29 is 9.90 Å². The topological polar surface area (TPSA) is 53.4 Å². The quantitative estimate of drug-likeness (QED) is 0.888. The van der Waals surface area contributed by atoms with Gasteiger partial charge in [-0.15, -0.1) is 11.3 Å². The number of carbonyl (C=O) groups is 1. The number of hydrogen-bond acceptors (Lipinski definition) is 4. The largest absolute Gasteiger partial charge is 0.481 e. The Morgan fingerprint density at radius 3 is 2.94 bits per heavy atom. The summed E-state index contributed by atoms with van der Waals surface area (Å²) in [6.07, 6.45) is 6.22. The maximum absolute atomic E-state index is 10.5. The summed E-state index contributed by atoms with van der Waals surface area (Å²) in [5.41, 5.74) is 0. The third-order valence-corrected chi connectivity index (χ3v) is 4.57. The first kappa shape index (κ1) is 13.5. The van der Waals surface area contributed by atoms with E-state index < -0.39 is 5.97 Å². The molecule has 2 heterocycles. The zero-order valence-corrected chi connectivity index (χ0v) is 11.6. The van der Waals surface area contributed by atoms with Crippen LogP contribution in [0.1, 0.15) is 29.1 Å². The summed E-state index contributed by atoms with van der Waals surface area (Å²) in [5.74, 6) is 0.0138. The minimum atomic E-state index is -0.736. The van der Waals surface area contributed by atoms with Gasteiger partial charge >= 0.3 is 5.97 Å². The molecule has 1 fully saturated rings. The zero-order chi connectivity index (χ0) is 13.0. The fraction of sp³-hybridized carbons (Fsp3) is 0.692. The average Bonchev–Trinajstić information content (AvgIpc) is 2.77. The molecular weight excluding hydrogens is 248 g/mol. The SMILES string of the molecule is CN1CCC(Cc2ncc(CCC(=O)O)s2)CC1. The van der Waals surface area contributed by atoms with Crippen LogP contribution in [0.25, 0.3) is 0 Å². The molecule has 1 aliphatic rings. The van der Waals surface area contributed by atoms with Crippen molar-refractivity contribution in [3.05, 3.63) is 16.1 Å². The molecule has 5 heteroatoms. The molecule has 0 atom stereocenters. The van der Waals surface area contributed by atoms with Crippen molar-refractivity contribution in [3.63, 3.8) is 0 Å². The van der Waals surface area contributed by atoms with Gasteiger partial charge in [-0.2, -0.15) is 0 Å². The monoisotopic (exact) mass is 268 g/mol. The summed E-state index contributed by atoms with van der Waals surface area (Å²) in [6.45, 7) is 2.36. The van der Waals surface area contributed by atoms with Crippen LogP contribution in [0.2, 0.25) is 0 Å². The van der Waals surface area contributed by atoms with E-state index in [-0.39, 0.29) is 6.42 Å². The van der Waals surface area contributed by atoms with Gasteiger partial charge in [-0.05, 0) is 45.3 Å². The minimum Gasteiger partial charge on any atom is -0.481 e. The fourth-order valence-electron chi connectivity index (χ4n) is 2.30. The summed E-state index contributed by atoms with van der Waals surface area (Å²) in [7, 11) is 2.17. The maximum atomic E-state index is 10.5. The van der Waals surface area contributed by atoms with E-state index in [1.54, 1.807) is 11.3 Å². The first-order chi connectivity index (χ1) is 8.63. The van der Waals surface area contributed by atoms with E-state index in [0.717, 1.165) is 17.2 Å². The lowest BCUT2D eigenvalue weighted by molar-refractivity contribution is -0.136. The van der Waals surface area contributed by atoms with Gasteiger partial charge in [0.2, 0.25) is 0 Å². The summed E-state index contributed by atoms with van der Waals surface area (Å²) < 4.78 is 0. The Bertz CT molecular complexity index is 397. The Morgan fingerprint density at radius 2 is 2.28 bits per heavy atom. The number of carboxylic acids is 1. The van der Waals surface area contributed by atoms with Gasteiger partial charge in [-0.25, -0.2) is 4.98 Å². The van der Waals surface area contributed by atoms with Crippen molar-refractivity contribution in [3.8, 4) is 0 Å². The van der Waals surface area contributed by atoms with Gasteiger partial charge in [0.05, 0.1) is 11.4 Å². The van der Waals surface area contributed by atoms with Crippen molar-refractivity contribution in [1.29, 1.82) is 0 Å². The second kappa shape index (κ2) is 6.29. The van der Waals surface area contributed by atoms with Crippen LogP contribution in [0.5, 0.6) is 0 Å². The number of rotatable bonds is 5. The Labute approximate surface area is 112 Å². The number of piperidine rings is 1. The molecule has 0 bridgehead atoms. The molecule has 1 aromatic heterocycles. The standard InChI is InChI=1S/C13H20N2O2S/c1-15-6-4-10(5-7-15)8-12-14-9-11(18-12)2-3-13(16)17/h9-10H,2-8H2,1H3,(H,16,17). The van der Waals surface area contributed by atoms with E-state index in [0.29, 0.717) is 6.42 Å². The Kier molecular flexibility index (Phi) is 4.72. The molecule has 0 aromatic carbocycles. The molecule has 1 aromatic rings. The molecule has 2 rings (SSSR count). The van der Waals surface area contributed by atoms with Crippen LogP contribution in [-0.2, 0) is 17.6 Å². The first-order valence-corrected chi connectivity index (χ1v) is 7.29. The molecule has 1 saturated heterocycles. The van der Waals surface area contributed by atoms with Crippen LogP contribution in [0.15, 0.2) is 6.20 Å². The van der Waals surface area contributed by atoms with Crippen molar-refractivity contribution in [1.82, 2.24) is 9.88 Å². The number of aromatic nitrogens is 1. The highest BCUT2D eigenvalue weighted by Crippen LogP contribution is 2.24. The number of thiazole rings is 1. The Morgan fingerprint density at radius 1 is 1.56 bits per heavy atom. The van der Waals surface area contributed by atoms with E-state index >= 15 is 0 Å². The highest BCUT2D eigenvalue weighted by Gasteiger charge is 2.18. The van der Waals surface area contributed by atoms with Crippen molar-refractivity contribution in [2.45, 2.75) is 32.1 Å². The third kappa shape index (κ3) is 4.07. The zero-order valence-electron chi connectivity index (χ0n) is 10.8. The molecule has 18 heavy (non-hydrogen) atoms. The molecule has 0 saturated carbocycles. The normalized spacial score (nSPS) is 18.1. The van der Waals surface area contributed by atoms with E-state index in [1.165, 1.54) is 30.9 Å². The molecular formula is C13H20N2O2S. The van der Waals surface area contributed by atoms with Crippen LogP contribution in [-0.4, -0.2) is 41.1 Å². The molecule has 1 N–H and O–H groups in total. The molecule has 100 valence electrons. The predicted octanol–water partition coefficient (Wildman–Crippen LogP) is 2.04. The Balaban J connectivity index is 1.81. The lowest BCUT2D eigenvalue weighted by atomic mass is 9.94. The van der Waals surface area contributed by atoms with Gasteiger partial charge in [0.25, 0.3) is 0 Å². The summed E-state index contributed by atoms with van der Waals surface area (Å²) >= 11 is 1.68. The van der Waals surface area contributed by atoms with Crippen molar-refractivity contribution in [2.75, 3.05) is 20.1 Å². The second-order valence-corrected chi connectivity index (χ2v) is 6.26. The van der Waals surface area contributed by atoms with Gasteiger partial charge in [-0.1, -0.05) is 0 Å². The summed E-state index contributed by atoms with van der Waals surface area (Å²) in [5, 5.41) is 9.82. The highest BCUT2D eigenvalue weighted by molar-refractivity contribution is 7.11. The first-order valence-electron chi connectivity index (χ1n) is 6.47. The maximum Gasteiger partial charge on any atom is 0.303 e. The summed E-state index contributed by atoms with van der Waals surface area (Å²) in [4.78, 5) is 18.4. The molecule has 4 nitrogen and oxygen atoms in total. The number of nitrogens with zero attached hydrogens (tertiary/aromatic N) is 2. The molecule has 0 radical (unpaired) electrons. The van der Waals surface area contributed by atoms with Crippen LogP contribution in [0.4, 0.5) is 0 Å². The molecule has 1 aliphatic heterocycles. The number of aliphatic carboxylic acids is 1. The van der Waals surface area contributed by atoms with Crippen molar-refractivity contribution in [2.24, 2.45) is 5.92 Å². The number of hydrogen-bond donors (Lipinski definition) is 1. The van der Waals surface area contributed by atoms with Gasteiger partial charge in [0, 0.05) is 17.5 Å². The average molecular weight is 268 g/mol. The van der Waals surface area contributed by atoms with Gasteiger partial charge in [0.15, 0.2) is 0 Å². The lowest BCUT2D eigenvalue weighted by Gasteiger charge is -2.28. The number of likely N-dealkylation sites (tertiary alicyclic amines) is 1. The van der Waals surface area contributed by atoms with Gasteiger partial charge in [0.1, 0.15) is 0 Å². The predicted molar refractivity (Wildman–Crippen MR) is 72.0 cm³/mol. The molecule has 0 aliphatic carbocycles. The molecule has 0 amide bonds. The van der Waals surface area contributed by atoms with Crippen LogP contribution < -0.4 is 0 Å². The number of carboxylic acid groups (broad SMARTS) is 1. The summed E-state index contributed by atoms with van der Waals surface area (Å²) in [6, 6.07) is 0. The van der Waals surface area contributed by atoms with Gasteiger partial charge in [-0.3, -0.25) is 4.79 Å². The minimum absolute atomic E-state index is 0.204. The second-order valence-electron chi connectivity index (χ2n) is 5.06. The highest BCUT2D eigenvalue weighted by atomic mass is 32.1. The van der Waals surface area contributed by atoms with E-state index in [9.17, 15) is 4.79 Å². The lowest BCUT2D eigenvalue weighted by Crippen LogP contribution is -2.30. The van der Waals surface area contributed by atoms with E-state index in [1.807, 2.05) is 6.20 Å². The fourth-order valence-corrected chi connectivity index (χ4v) is 3.34.